The van der Waals surface area contributed by atoms with E-state index in [4.69, 9.17) is 4.74 Å². The minimum atomic E-state index is 0.00814. The summed E-state index contributed by atoms with van der Waals surface area (Å²) < 4.78 is 5.16. The summed E-state index contributed by atoms with van der Waals surface area (Å²) in [6.07, 6.45) is 1.14. The molecule has 4 nitrogen and oxygen atoms in total. The zero-order valence-corrected chi connectivity index (χ0v) is 11.6. The van der Waals surface area contributed by atoms with Crippen molar-refractivity contribution in [2.75, 3.05) is 13.7 Å². The van der Waals surface area contributed by atoms with E-state index in [1.807, 2.05) is 29.6 Å². The Bertz CT molecular complexity index is 526. The van der Waals surface area contributed by atoms with Gasteiger partial charge in [0.1, 0.15) is 5.75 Å². The maximum Gasteiger partial charge on any atom is 0.226 e. The van der Waals surface area contributed by atoms with Crippen LogP contribution in [0.15, 0.2) is 35.2 Å². The molecule has 1 heterocycles. The molecule has 1 aromatic carbocycles. The van der Waals surface area contributed by atoms with Crippen LogP contribution in [0.1, 0.15) is 11.3 Å². The number of hydrogen-bond acceptors (Lipinski definition) is 4. The fourth-order valence-corrected chi connectivity index (χ4v) is 2.28. The van der Waals surface area contributed by atoms with E-state index in [1.165, 1.54) is 11.3 Å². The second kappa shape index (κ2) is 6.89. The average molecular weight is 276 g/mol. The topological polar surface area (TPSA) is 51.2 Å². The molecule has 0 bridgehead atoms. The average Bonchev–Trinajstić information content (AvgIpc) is 2.92. The number of thiazole rings is 1. The number of amides is 1. The van der Waals surface area contributed by atoms with E-state index >= 15 is 0 Å². The summed E-state index contributed by atoms with van der Waals surface area (Å²) in [5.74, 6) is 0.847. The van der Waals surface area contributed by atoms with Gasteiger partial charge in [-0.1, -0.05) is 12.1 Å². The number of aromatic nitrogens is 1. The lowest BCUT2D eigenvalue weighted by atomic mass is 10.1. The van der Waals surface area contributed by atoms with E-state index in [0.717, 1.165) is 23.4 Å². The maximum atomic E-state index is 11.7. The molecule has 0 aliphatic carbocycles. The quantitative estimate of drug-likeness (QED) is 0.878. The van der Waals surface area contributed by atoms with Crippen LogP contribution in [0.2, 0.25) is 0 Å². The van der Waals surface area contributed by atoms with Crippen LogP contribution in [0.25, 0.3) is 0 Å². The molecular formula is C14H16N2O2S. The van der Waals surface area contributed by atoms with Crippen LogP contribution in [0.3, 0.4) is 0 Å². The number of ether oxygens (including phenoxy) is 1. The normalized spacial score (nSPS) is 10.2. The molecule has 0 aliphatic heterocycles. The SMILES string of the molecule is COc1cccc(CCNC(=O)Cc2cscn2)c1. The highest BCUT2D eigenvalue weighted by molar-refractivity contribution is 7.07. The van der Waals surface area contributed by atoms with E-state index in [9.17, 15) is 4.79 Å². The van der Waals surface area contributed by atoms with Crippen LogP contribution < -0.4 is 10.1 Å². The molecule has 0 saturated heterocycles. The van der Waals surface area contributed by atoms with Crippen LogP contribution in [-0.4, -0.2) is 24.5 Å². The molecule has 0 radical (unpaired) electrons. The first-order valence-electron chi connectivity index (χ1n) is 6.04. The van der Waals surface area contributed by atoms with Gasteiger partial charge in [0.05, 0.1) is 24.7 Å². The predicted molar refractivity (Wildman–Crippen MR) is 75.5 cm³/mol. The molecule has 1 N–H and O–H groups in total. The van der Waals surface area contributed by atoms with Crippen LogP contribution in [-0.2, 0) is 17.6 Å². The fraction of sp³-hybridized carbons (Fsp3) is 0.286. The molecule has 0 spiro atoms. The number of benzene rings is 1. The van der Waals surface area contributed by atoms with Gasteiger partial charge < -0.3 is 10.1 Å². The van der Waals surface area contributed by atoms with Gasteiger partial charge in [-0.2, -0.15) is 0 Å². The monoisotopic (exact) mass is 276 g/mol. The minimum absolute atomic E-state index is 0.00814. The van der Waals surface area contributed by atoms with Crippen molar-refractivity contribution in [3.8, 4) is 5.75 Å². The van der Waals surface area contributed by atoms with Crippen molar-refractivity contribution < 1.29 is 9.53 Å². The number of carbonyl (C=O) groups excluding carboxylic acids is 1. The molecule has 0 unspecified atom stereocenters. The summed E-state index contributed by atoms with van der Waals surface area (Å²) in [5, 5.41) is 4.78. The summed E-state index contributed by atoms with van der Waals surface area (Å²) in [4.78, 5) is 15.7. The van der Waals surface area contributed by atoms with Crippen molar-refractivity contribution in [3.05, 3.63) is 46.4 Å². The van der Waals surface area contributed by atoms with Gasteiger partial charge >= 0.3 is 0 Å². The van der Waals surface area contributed by atoms with E-state index in [-0.39, 0.29) is 5.91 Å². The summed E-state index contributed by atoms with van der Waals surface area (Å²) >= 11 is 1.50. The first-order valence-corrected chi connectivity index (χ1v) is 6.99. The van der Waals surface area contributed by atoms with Gasteiger partial charge in [0.15, 0.2) is 0 Å². The molecule has 5 heteroatoms. The lowest BCUT2D eigenvalue weighted by Crippen LogP contribution is -2.27. The third kappa shape index (κ3) is 4.37. The van der Waals surface area contributed by atoms with Crippen molar-refractivity contribution in [3.63, 3.8) is 0 Å². The molecular weight excluding hydrogens is 260 g/mol. The Morgan fingerprint density at radius 1 is 1.47 bits per heavy atom. The number of carbonyl (C=O) groups is 1. The first kappa shape index (κ1) is 13.5. The molecule has 0 fully saturated rings. The minimum Gasteiger partial charge on any atom is -0.497 e. The van der Waals surface area contributed by atoms with E-state index in [2.05, 4.69) is 10.3 Å². The maximum absolute atomic E-state index is 11.7. The van der Waals surface area contributed by atoms with E-state index in [1.54, 1.807) is 12.6 Å². The third-order valence-electron chi connectivity index (χ3n) is 2.70. The van der Waals surface area contributed by atoms with Gasteiger partial charge in [0.2, 0.25) is 5.91 Å². The fourth-order valence-electron chi connectivity index (χ4n) is 1.73. The van der Waals surface area contributed by atoms with Crippen molar-refractivity contribution in [2.24, 2.45) is 0 Å². The predicted octanol–water partition coefficient (Wildman–Crippen LogP) is 2.05. The zero-order chi connectivity index (χ0) is 13.5. The molecule has 1 aromatic heterocycles. The molecule has 0 saturated carbocycles. The van der Waals surface area contributed by atoms with Crippen LogP contribution in [0, 0.1) is 0 Å². The van der Waals surface area contributed by atoms with Crippen LogP contribution in [0.5, 0.6) is 5.75 Å². The van der Waals surface area contributed by atoms with Crippen LogP contribution >= 0.6 is 11.3 Å². The smallest absolute Gasteiger partial charge is 0.226 e. The summed E-state index contributed by atoms with van der Waals surface area (Å²) in [5.41, 5.74) is 3.70. The van der Waals surface area contributed by atoms with Gasteiger partial charge in [-0.3, -0.25) is 4.79 Å². The van der Waals surface area contributed by atoms with Gasteiger partial charge in [-0.25, -0.2) is 4.98 Å². The Labute approximate surface area is 116 Å². The molecule has 2 aromatic rings. The summed E-state index contributed by atoms with van der Waals surface area (Å²) in [6.45, 7) is 0.621. The Balaban J connectivity index is 1.75. The molecule has 2 rings (SSSR count). The Morgan fingerprint density at radius 2 is 2.37 bits per heavy atom. The Morgan fingerprint density at radius 3 is 3.11 bits per heavy atom. The molecule has 1 amide bonds. The second-order valence-electron chi connectivity index (χ2n) is 4.11. The lowest BCUT2D eigenvalue weighted by Gasteiger charge is -2.06. The molecule has 0 aliphatic rings. The van der Waals surface area contributed by atoms with Crippen LogP contribution in [0.4, 0.5) is 0 Å². The number of nitrogens with one attached hydrogen (secondary N) is 1. The number of nitrogens with zero attached hydrogens (tertiary/aromatic N) is 1. The van der Waals surface area contributed by atoms with Crippen molar-refractivity contribution in [1.82, 2.24) is 10.3 Å². The zero-order valence-electron chi connectivity index (χ0n) is 10.8. The molecule has 0 atom stereocenters. The van der Waals surface area contributed by atoms with E-state index < -0.39 is 0 Å². The van der Waals surface area contributed by atoms with Gasteiger partial charge in [-0.05, 0) is 24.1 Å². The molecule has 19 heavy (non-hydrogen) atoms. The number of methoxy groups -OCH3 is 1. The largest absolute Gasteiger partial charge is 0.497 e. The van der Waals surface area contributed by atoms with Gasteiger partial charge in [0.25, 0.3) is 0 Å². The Kier molecular flexibility index (Phi) is 4.92. The highest BCUT2D eigenvalue weighted by Gasteiger charge is 2.04. The standard InChI is InChI=1S/C14H16N2O2S/c1-18-13-4-2-3-11(7-13)5-6-15-14(17)8-12-9-19-10-16-12/h2-4,7,9-10H,5-6,8H2,1H3,(H,15,17). The second-order valence-corrected chi connectivity index (χ2v) is 4.83. The van der Waals surface area contributed by atoms with Crippen molar-refractivity contribution in [2.45, 2.75) is 12.8 Å². The van der Waals surface area contributed by atoms with Gasteiger partial charge in [-0.15, -0.1) is 11.3 Å². The number of rotatable bonds is 6. The first-order chi connectivity index (χ1) is 9.28. The summed E-state index contributed by atoms with van der Waals surface area (Å²) in [7, 11) is 1.65. The van der Waals surface area contributed by atoms with Crippen molar-refractivity contribution in [1.29, 1.82) is 0 Å². The lowest BCUT2D eigenvalue weighted by molar-refractivity contribution is -0.120. The third-order valence-corrected chi connectivity index (χ3v) is 3.33. The summed E-state index contributed by atoms with van der Waals surface area (Å²) in [6, 6.07) is 7.86. The van der Waals surface area contributed by atoms with Crippen molar-refractivity contribution >= 4 is 17.2 Å². The Hall–Kier alpha value is -1.88. The van der Waals surface area contributed by atoms with Gasteiger partial charge in [0, 0.05) is 11.9 Å². The van der Waals surface area contributed by atoms with E-state index in [0.29, 0.717) is 13.0 Å². The molecule has 100 valence electrons. The highest BCUT2D eigenvalue weighted by atomic mass is 32.1. The highest BCUT2D eigenvalue weighted by Crippen LogP contribution is 2.12. The number of hydrogen-bond donors (Lipinski definition) is 1.